The molecule has 1 aromatic carbocycles. The number of carbonyl (C=O) groups excluding carboxylic acids is 1. The normalized spacial score (nSPS) is 24.9. The summed E-state index contributed by atoms with van der Waals surface area (Å²) in [6.45, 7) is 1.74. The summed E-state index contributed by atoms with van der Waals surface area (Å²) in [6.07, 6.45) is 0. The fraction of sp³-hybridized carbons (Fsp3) is 0.417. The highest BCUT2D eigenvalue weighted by Crippen LogP contribution is 2.29. The Morgan fingerprint density at radius 1 is 1.56 bits per heavy atom. The van der Waals surface area contributed by atoms with Crippen molar-refractivity contribution in [2.75, 3.05) is 20.2 Å². The van der Waals surface area contributed by atoms with Crippen molar-refractivity contribution in [2.24, 2.45) is 0 Å². The molecule has 0 radical (unpaired) electrons. The Hall–Kier alpha value is -0.620. The maximum Gasteiger partial charge on any atom is 0.324 e. The lowest BCUT2D eigenvalue weighted by molar-refractivity contribution is -0.140. The molecule has 3 atom stereocenters. The number of hydrogen-bond acceptors (Lipinski definition) is 3. The highest BCUT2D eigenvalue weighted by Gasteiger charge is 2.41. The molecule has 1 saturated heterocycles. The molecule has 86 valence electrons. The fourth-order valence-corrected chi connectivity index (χ4v) is 2.63. The van der Waals surface area contributed by atoms with E-state index in [1.54, 1.807) is 0 Å². The lowest BCUT2D eigenvalue weighted by atomic mass is 10.1. The van der Waals surface area contributed by atoms with Crippen molar-refractivity contribution in [3.8, 4) is 0 Å². The van der Waals surface area contributed by atoms with Crippen LogP contribution in [0.3, 0.4) is 0 Å². The quantitative estimate of drug-likeness (QED) is 0.366. The molecule has 3 nitrogen and oxygen atoms in total. The van der Waals surface area contributed by atoms with Gasteiger partial charge in [-0.1, -0.05) is 52.9 Å². The first kappa shape index (κ1) is 11.9. The van der Waals surface area contributed by atoms with Crippen LogP contribution in [-0.2, 0) is 9.53 Å². The van der Waals surface area contributed by atoms with E-state index in [2.05, 4.69) is 39.6 Å². The van der Waals surface area contributed by atoms with Gasteiger partial charge in [0.25, 0.3) is 0 Å². The summed E-state index contributed by atoms with van der Waals surface area (Å²) in [7, 11) is 1.44. The topological polar surface area (TPSA) is 29.3 Å². The first-order valence-electron chi connectivity index (χ1n) is 5.23. The average molecular weight is 331 g/mol. The Labute approximate surface area is 109 Å². The van der Waals surface area contributed by atoms with Crippen molar-refractivity contribution in [2.45, 2.75) is 9.97 Å². The number of benzene rings is 1. The SMILES string of the molecule is COC(=O)C1CN1CC(I)c1ccccc1. The third kappa shape index (κ3) is 2.74. The minimum absolute atomic E-state index is 0.00835. The van der Waals surface area contributed by atoms with E-state index in [0.29, 0.717) is 3.92 Å². The molecule has 0 spiro atoms. The molecular formula is C12H14INO2. The van der Waals surface area contributed by atoms with Gasteiger partial charge in [-0.15, -0.1) is 0 Å². The molecule has 4 heteroatoms. The summed E-state index contributed by atoms with van der Waals surface area (Å²) in [5.74, 6) is -0.114. The zero-order valence-corrected chi connectivity index (χ0v) is 11.3. The summed E-state index contributed by atoms with van der Waals surface area (Å²) in [4.78, 5) is 13.4. The molecule has 1 fully saturated rings. The summed E-state index contributed by atoms with van der Waals surface area (Å²) < 4.78 is 5.13. The van der Waals surface area contributed by atoms with Crippen LogP contribution in [0, 0.1) is 0 Å². The van der Waals surface area contributed by atoms with Gasteiger partial charge in [0.1, 0.15) is 6.04 Å². The van der Waals surface area contributed by atoms with E-state index in [0.717, 1.165) is 13.1 Å². The second-order valence-electron chi connectivity index (χ2n) is 3.87. The van der Waals surface area contributed by atoms with Gasteiger partial charge in [0.15, 0.2) is 0 Å². The van der Waals surface area contributed by atoms with Gasteiger partial charge in [-0.2, -0.15) is 0 Å². The number of nitrogens with zero attached hydrogens (tertiary/aromatic N) is 1. The van der Waals surface area contributed by atoms with Gasteiger partial charge in [-0.05, 0) is 5.56 Å². The molecule has 2 rings (SSSR count). The number of halogens is 1. The standard InChI is InChI=1S/C12H14INO2/c1-16-12(15)11-8-14(11)7-10(13)9-5-3-2-4-6-9/h2-6,10-11H,7-8H2,1H3. The molecule has 0 amide bonds. The van der Waals surface area contributed by atoms with E-state index in [1.807, 2.05) is 18.2 Å². The summed E-state index contributed by atoms with van der Waals surface area (Å²) >= 11 is 2.41. The van der Waals surface area contributed by atoms with Gasteiger partial charge in [0.2, 0.25) is 0 Å². The molecule has 0 saturated carbocycles. The molecule has 0 bridgehead atoms. The number of carbonyl (C=O) groups is 1. The Morgan fingerprint density at radius 3 is 2.88 bits per heavy atom. The zero-order chi connectivity index (χ0) is 11.5. The van der Waals surface area contributed by atoms with Gasteiger partial charge in [0.05, 0.1) is 7.11 Å². The fourth-order valence-electron chi connectivity index (χ4n) is 1.71. The number of alkyl halides is 1. The maximum absolute atomic E-state index is 11.2. The summed E-state index contributed by atoms with van der Waals surface area (Å²) in [5, 5.41) is 0. The summed E-state index contributed by atoms with van der Waals surface area (Å²) in [5.41, 5.74) is 1.30. The first-order chi connectivity index (χ1) is 7.72. The number of rotatable bonds is 4. The third-order valence-electron chi connectivity index (χ3n) is 2.74. The van der Waals surface area contributed by atoms with Crippen molar-refractivity contribution < 1.29 is 9.53 Å². The lowest BCUT2D eigenvalue weighted by Crippen LogP contribution is -2.17. The van der Waals surface area contributed by atoms with E-state index < -0.39 is 0 Å². The molecule has 16 heavy (non-hydrogen) atoms. The van der Waals surface area contributed by atoms with Crippen LogP contribution in [0.15, 0.2) is 30.3 Å². The van der Waals surface area contributed by atoms with Crippen molar-refractivity contribution >= 4 is 28.6 Å². The molecule has 1 aliphatic heterocycles. The van der Waals surface area contributed by atoms with Crippen LogP contribution in [0.1, 0.15) is 9.49 Å². The molecule has 1 heterocycles. The van der Waals surface area contributed by atoms with Gasteiger partial charge >= 0.3 is 5.97 Å². The summed E-state index contributed by atoms with van der Waals surface area (Å²) in [6, 6.07) is 10.3. The third-order valence-corrected chi connectivity index (χ3v) is 3.86. The minimum atomic E-state index is -0.114. The van der Waals surface area contributed by atoms with Gasteiger partial charge in [-0.3, -0.25) is 9.69 Å². The van der Waals surface area contributed by atoms with Crippen LogP contribution in [0.25, 0.3) is 0 Å². The lowest BCUT2D eigenvalue weighted by Gasteiger charge is -2.10. The van der Waals surface area contributed by atoms with Crippen molar-refractivity contribution in [3.05, 3.63) is 35.9 Å². The first-order valence-corrected chi connectivity index (χ1v) is 6.48. The smallest absolute Gasteiger partial charge is 0.324 e. The monoisotopic (exact) mass is 331 g/mol. The van der Waals surface area contributed by atoms with Crippen molar-refractivity contribution in [1.29, 1.82) is 0 Å². The van der Waals surface area contributed by atoms with Crippen molar-refractivity contribution in [3.63, 3.8) is 0 Å². The molecular weight excluding hydrogens is 317 g/mol. The highest BCUT2D eigenvalue weighted by molar-refractivity contribution is 14.1. The Morgan fingerprint density at radius 2 is 2.25 bits per heavy atom. The van der Waals surface area contributed by atoms with E-state index in [4.69, 9.17) is 4.74 Å². The number of hydrogen-bond donors (Lipinski definition) is 0. The van der Waals surface area contributed by atoms with Crippen molar-refractivity contribution in [1.82, 2.24) is 4.90 Å². The second kappa shape index (κ2) is 5.14. The highest BCUT2D eigenvalue weighted by atomic mass is 127. The van der Waals surface area contributed by atoms with Crippen LogP contribution in [0.5, 0.6) is 0 Å². The predicted octanol–water partition coefficient (Wildman–Crippen LogP) is 2.02. The minimum Gasteiger partial charge on any atom is -0.468 e. The largest absolute Gasteiger partial charge is 0.468 e. The van der Waals surface area contributed by atoms with Gasteiger partial charge < -0.3 is 4.74 Å². The molecule has 1 aromatic rings. The van der Waals surface area contributed by atoms with Crippen LogP contribution in [0.2, 0.25) is 0 Å². The van der Waals surface area contributed by atoms with E-state index >= 15 is 0 Å². The van der Waals surface area contributed by atoms with Crippen LogP contribution in [0.4, 0.5) is 0 Å². The molecule has 0 aromatic heterocycles. The Kier molecular flexibility index (Phi) is 3.81. The zero-order valence-electron chi connectivity index (χ0n) is 9.10. The maximum atomic E-state index is 11.2. The predicted molar refractivity (Wildman–Crippen MR) is 70.6 cm³/mol. The molecule has 0 aliphatic carbocycles. The number of esters is 1. The van der Waals surface area contributed by atoms with Gasteiger partial charge in [-0.25, -0.2) is 0 Å². The number of ether oxygens (including phenoxy) is 1. The van der Waals surface area contributed by atoms with Gasteiger partial charge in [0, 0.05) is 17.0 Å². The number of methoxy groups -OCH3 is 1. The van der Waals surface area contributed by atoms with Crippen LogP contribution in [-0.4, -0.2) is 37.1 Å². The van der Waals surface area contributed by atoms with Crippen LogP contribution >= 0.6 is 22.6 Å². The molecule has 3 unspecified atom stereocenters. The average Bonchev–Trinajstić information content (AvgIpc) is 3.08. The van der Waals surface area contributed by atoms with Crippen LogP contribution < -0.4 is 0 Å². The Bertz CT molecular complexity index is 369. The van der Waals surface area contributed by atoms with E-state index in [9.17, 15) is 4.79 Å². The van der Waals surface area contributed by atoms with E-state index in [1.165, 1.54) is 12.7 Å². The second-order valence-corrected chi connectivity index (χ2v) is 5.37. The van der Waals surface area contributed by atoms with E-state index in [-0.39, 0.29) is 12.0 Å². The molecule has 1 aliphatic rings. The molecule has 0 N–H and O–H groups in total. The Balaban J connectivity index is 1.86.